The molecule has 0 aliphatic heterocycles. The molecule has 30 heavy (non-hydrogen) atoms. The number of anilines is 2. The first-order chi connectivity index (χ1) is 14.0. The Labute approximate surface area is 169 Å². The first-order valence-corrected chi connectivity index (χ1v) is 8.84. The highest BCUT2D eigenvalue weighted by Crippen LogP contribution is 2.32. The number of carbonyl (C=O) groups is 2. The second-order valence-electron chi connectivity index (χ2n) is 6.83. The number of likely N-dealkylation sites (N-methyl/N-ethyl adjacent to an activating group) is 1. The van der Waals surface area contributed by atoms with Gasteiger partial charge >= 0.3 is 18.0 Å². The SMILES string of the molecule is Cc1cc(C(F)(F)F)ccc1C(C)N(C)C(=O)C(=O)Nc1cnc(N)c2cn[nH]c12. The monoisotopic (exact) mass is 420 g/mol. The Hall–Kier alpha value is -3.63. The third-order valence-corrected chi connectivity index (χ3v) is 4.91. The average Bonchev–Trinajstić information content (AvgIpc) is 3.18. The van der Waals surface area contributed by atoms with Crippen molar-refractivity contribution >= 4 is 34.2 Å². The summed E-state index contributed by atoms with van der Waals surface area (Å²) in [5.74, 6) is -1.59. The molecule has 3 aromatic rings. The van der Waals surface area contributed by atoms with Crippen LogP contribution >= 0.6 is 0 Å². The fourth-order valence-electron chi connectivity index (χ4n) is 3.09. The van der Waals surface area contributed by atoms with E-state index in [9.17, 15) is 22.8 Å². The zero-order valence-electron chi connectivity index (χ0n) is 16.3. The van der Waals surface area contributed by atoms with Crippen molar-refractivity contribution < 1.29 is 22.8 Å². The lowest BCUT2D eigenvalue weighted by Crippen LogP contribution is -2.38. The number of rotatable bonds is 3. The van der Waals surface area contributed by atoms with Gasteiger partial charge in [-0.05, 0) is 37.1 Å². The number of nitrogen functional groups attached to an aromatic ring is 1. The molecule has 8 nitrogen and oxygen atoms in total. The lowest BCUT2D eigenvalue weighted by Gasteiger charge is -2.26. The van der Waals surface area contributed by atoms with Crippen LogP contribution in [0, 0.1) is 6.92 Å². The first-order valence-electron chi connectivity index (χ1n) is 8.84. The number of nitrogens with zero attached hydrogens (tertiary/aromatic N) is 3. The fourth-order valence-corrected chi connectivity index (χ4v) is 3.09. The summed E-state index contributed by atoms with van der Waals surface area (Å²) in [7, 11) is 1.40. The molecule has 0 bridgehead atoms. The van der Waals surface area contributed by atoms with Crippen LogP contribution in [0.2, 0.25) is 0 Å². The maximum Gasteiger partial charge on any atom is 0.416 e. The Morgan fingerprint density at radius 1 is 1.27 bits per heavy atom. The molecule has 1 aromatic carbocycles. The molecular weight excluding hydrogens is 401 g/mol. The van der Waals surface area contributed by atoms with Crippen molar-refractivity contribution in [2.75, 3.05) is 18.1 Å². The molecule has 11 heteroatoms. The Morgan fingerprint density at radius 3 is 2.60 bits per heavy atom. The smallest absolute Gasteiger partial charge is 0.383 e. The Morgan fingerprint density at radius 2 is 1.97 bits per heavy atom. The van der Waals surface area contributed by atoms with Crippen LogP contribution in [-0.2, 0) is 15.8 Å². The molecule has 2 amide bonds. The van der Waals surface area contributed by atoms with Gasteiger partial charge in [0, 0.05) is 7.05 Å². The number of hydrogen-bond donors (Lipinski definition) is 3. The van der Waals surface area contributed by atoms with Gasteiger partial charge in [-0.15, -0.1) is 0 Å². The number of hydrogen-bond acceptors (Lipinski definition) is 5. The van der Waals surface area contributed by atoms with E-state index in [0.29, 0.717) is 22.0 Å². The minimum absolute atomic E-state index is 0.214. The molecule has 0 aliphatic carbocycles. The number of nitrogens with two attached hydrogens (primary N) is 1. The molecule has 0 spiro atoms. The predicted molar refractivity (Wildman–Crippen MR) is 104 cm³/mol. The van der Waals surface area contributed by atoms with Crippen molar-refractivity contribution in [3.63, 3.8) is 0 Å². The lowest BCUT2D eigenvalue weighted by molar-refractivity contribution is -0.143. The van der Waals surface area contributed by atoms with E-state index >= 15 is 0 Å². The van der Waals surface area contributed by atoms with E-state index in [4.69, 9.17) is 5.73 Å². The van der Waals surface area contributed by atoms with Gasteiger partial charge in [0.1, 0.15) is 5.82 Å². The summed E-state index contributed by atoms with van der Waals surface area (Å²) in [5, 5.41) is 9.46. The third kappa shape index (κ3) is 3.91. The number of aromatic amines is 1. The summed E-state index contributed by atoms with van der Waals surface area (Å²) in [4.78, 5) is 30.2. The summed E-state index contributed by atoms with van der Waals surface area (Å²) in [6, 6.07) is 2.64. The number of aryl methyl sites for hydroxylation is 1. The summed E-state index contributed by atoms with van der Waals surface area (Å²) < 4.78 is 38.6. The number of aromatic nitrogens is 3. The largest absolute Gasteiger partial charge is 0.416 e. The minimum Gasteiger partial charge on any atom is -0.383 e. The summed E-state index contributed by atoms with van der Waals surface area (Å²) in [6.45, 7) is 3.15. The van der Waals surface area contributed by atoms with Crippen LogP contribution < -0.4 is 11.1 Å². The molecule has 0 fully saturated rings. The summed E-state index contributed by atoms with van der Waals surface area (Å²) in [6.07, 6.45) is -1.72. The molecule has 3 rings (SSSR count). The summed E-state index contributed by atoms with van der Waals surface area (Å²) in [5.41, 5.74) is 6.45. The zero-order valence-corrected chi connectivity index (χ0v) is 16.3. The Bertz CT molecular complexity index is 1130. The van der Waals surface area contributed by atoms with Gasteiger partial charge in [0.25, 0.3) is 0 Å². The van der Waals surface area contributed by atoms with Gasteiger partial charge in [-0.2, -0.15) is 18.3 Å². The van der Waals surface area contributed by atoms with E-state index in [1.165, 1.54) is 32.4 Å². The quantitative estimate of drug-likeness (QED) is 0.563. The van der Waals surface area contributed by atoms with Crippen molar-refractivity contribution in [3.05, 3.63) is 47.3 Å². The van der Waals surface area contributed by atoms with Crippen LogP contribution in [0.4, 0.5) is 24.7 Å². The molecule has 0 radical (unpaired) electrons. The van der Waals surface area contributed by atoms with E-state index < -0.39 is 29.6 Å². The number of fused-ring (bicyclic) bond motifs is 1. The number of benzene rings is 1. The highest BCUT2D eigenvalue weighted by molar-refractivity contribution is 6.40. The zero-order chi connectivity index (χ0) is 22.2. The van der Waals surface area contributed by atoms with E-state index in [2.05, 4.69) is 20.5 Å². The van der Waals surface area contributed by atoms with Crippen LogP contribution in [0.25, 0.3) is 10.9 Å². The van der Waals surface area contributed by atoms with Crippen LogP contribution in [-0.4, -0.2) is 38.9 Å². The van der Waals surface area contributed by atoms with Crippen LogP contribution in [0.3, 0.4) is 0 Å². The van der Waals surface area contributed by atoms with Crippen molar-refractivity contribution in [1.29, 1.82) is 0 Å². The molecule has 2 aromatic heterocycles. The number of halogens is 3. The Balaban J connectivity index is 1.78. The van der Waals surface area contributed by atoms with E-state index in [-0.39, 0.29) is 11.5 Å². The fraction of sp³-hybridized carbons (Fsp3) is 0.263. The molecule has 0 saturated heterocycles. The van der Waals surface area contributed by atoms with Gasteiger partial charge in [-0.3, -0.25) is 14.7 Å². The summed E-state index contributed by atoms with van der Waals surface area (Å²) >= 11 is 0. The standard InChI is InChI=1S/C19H19F3N6O2/c1-9-6-11(19(20,21)22)4-5-12(9)10(2)28(3)18(30)17(29)26-14-8-24-16(23)13-7-25-27-15(13)14/h4-8,10H,1-3H3,(H2,23,24)(H,25,27)(H,26,29). The topological polar surface area (TPSA) is 117 Å². The van der Waals surface area contributed by atoms with Gasteiger partial charge in [0.2, 0.25) is 0 Å². The van der Waals surface area contributed by atoms with Crippen molar-refractivity contribution in [2.24, 2.45) is 0 Å². The van der Waals surface area contributed by atoms with Gasteiger partial charge in [0.15, 0.2) is 0 Å². The van der Waals surface area contributed by atoms with Crippen molar-refractivity contribution in [2.45, 2.75) is 26.1 Å². The molecule has 158 valence electrons. The molecule has 0 saturated carbocycles. The number of carbonyl (C=O) groups excluding carboxylic acids is 2. The van der Waals surface area contributed by atoms with Crippen molar-refractivity contribution in [1.82, 2.24) is 20.1 Å². The maximum atomic E-state index is 12.9. The number of amides is 2. The van der Waals surface area contributed by atoms with Gasteiger partial charge in [-0.25, -0.2) is 4.98 Å². The third-order valence-electron chi connectivity index (χ3n) is 4.91. The van der Waals surface area contributed by atoms with Crippen LogP contribution in [0.1, 0.15) is 29.7 Å². The molecule has 1 unspecified atom stereocenters. The molecule has 4 N–H and O–H groups in total. The van der Waals surface area contributed by atoms with Gasteiger partial charge in [0.05, 0.1) is 40.6 Å². The Kier molecular flexibility index (Phi) is 5.38. The van der Waals surface area contributed by atoms with Crippen LogP contribution in [0.15, 0.2) is 30.6 Å². The number of alkyl halides is 3. The number of pyridine rings is 1. The maximum absolute atomic E-state index is 12.9. The first kappa shape index (κ1) is 21.1. The van der Waals surface area contributed by atoms with Crippen molar-refractivity contribution in [3.8, 4) is 0 Å². The van der Waals surface area contributed by atoms with E-state index in [0.717, 1.165) is 17.0 Å². The molecule has 0 aliphatic rings. The second kappa shape index (κ2) is 7.65. The lowest BCUT2D eigenvalue weighted by atomic mass is 9.98. The number of nitrogens with one attached hydrogen (secondary N) is 2. The molecule has 2 heterocycles. The van der Waals surface area contributed by atoms with E-state index in [1.54, 1.807) is 6.92 Å². The second-order valence-corrected chi connectivity index (χ2v) is 6.83. The highest BCUT2D eigenvalue weighted by Gasteiger charge is 2.32. The molecular formula is C19H19F3N6O2. The van der Waals surface area contributed by atoms with Gasteiger partial charge < -0.3 is 16.0 Å². The van der Waals surface area contributed by atoms with Crippen LogP contribution in [0.5, 0.6) is 0 Å². The number of H-pyrrole nitrogens is 1. The van der Waals surface area contributed by atoms with E-state index in [1.807, 2.05) is 0 Å². The normalized spacial score (nSPS) is 12.6. The highest BCUT2D eigenvalue weighted by atomic mass is 19.4. The average molecular weight is 420 g/mol. The van der Waals surface area contributed by atoms with Gasteiger partial charge in [-0.1, -0.05) is 6.07 Å². The molecule has 1 atom stereocenters. The predicted octanol–water partition coefficient (Wildman–Crippen LogP) is 3.03. The minimum atomic E-state index is -4.46.